The SMILES string of the molecule is COCc1cccc(N(C)S(=O)(=O)c2ccc(OC)c(N3CCN(C(=O)C(F)(F)F)CC3)c2)c1. The van der Waals surface area contributed by atoms with Crippen LogP contribution in [-0.4, -0.2) is 72.8 Å². The molecule has 12 heteroatoms. The van der Waals surface area contributed by atoms with E-state index in [-0.39, 0.29) is 31.1 Å². The second-order valence-electron chi connectivity index (χ2n) is 7.69. The van der Waals surface area contributed by atoms with Crippen molar-refractivity contribution in [1.82, 2.24) is 4.90 Å². The van der Waals surface area contributed by atoms with Gasteiger partial charge in [0.05, 0.1) is 30.0 Å². The van der Waals surface area contributed by atoms with Crippen molar-refractivity contribution in [3.8, 4) is 5.75 Å². The molecular formula is C22H26F3N3O5S. The first-order valence-corrected chi connectivity index (χ1v) is 11.8. The van der Waals surface area contributed by atoms with Gasteiger partial charge in [0.15, 0.2) is 0 Å². The first-order valence-electron chi connectivity index (χ1n) is 10.3. The molecule has 34 heavy (non-hydrogen) atoms. The summed E-state index contributed by atoms with van der Waals surface area (Å²) in [5, 5.41) is 0. The number of rotatable bonds is 7. The minimum atomic E-state index is -4.93. The highest BCUT2D eigenvalue weighted by Crippen LogP contribution is 2.34. The zero-order valence-electron chi connectivity index (χ0n) is 19.0. The third-order valence-corrected chi connectivity index (χ3v) is 7.33. The molecule has 2 aromatic rings. The lowest BCUT2D eigenvalue weighted by Crippen LogP contribution is -2.52. The Hall–Kier alpha value is -2.99. The molecule has 0 aliphatic carbocycles. The van der Waals surface area contributed by atoms with E-state index in [4.69, 9.17) is 9.47 Å². The van der Waals surface area contributed by atoms with Crippen molar-refractivity contribution < 1.29 is 35.9 Å². The van der Waals surface area contributed by atoms with Gasteiger partial charge >= 0.3 is 12.1 Å². The fourth-order valence-corrected chi connectivity index (χ4v) is 4.92. The maximum absolute atomic E-state index is 13.3. The van der Waals surface area contributed by atoms with Crippen LogP contribution in [0, 0.1) is 0 Å². The van der Waals surface area contributed by atoms with Gasteiger partial charge in [-0.05, 0) is 35.9 Å². The lowest BCUT2D eigenvalue weighted by Gasteiger charge is -2.37. The molecule has 186 valence electrons. The molecule has 2 aromatic carbocycles. The summed E-state index contributed by atoms with van der Waals surface area (Å²) in [6.45, 7) is 0.222. The number of carbonyl (C=O) groups excluding carboxylic acids is 1. The van der Waals surface area contributed by atoms with Crippen LogP contribution in [-0.2, 0) is 26.2 Å². The van der Waals surface area contributed by atoms with Gasteiger partial charge in [0.2, 0.25) is 0 Å². The summed E-state index contributed by atoms with van der Waals surface area (Å²) in [7, 11) is 0.448. The van der Waals surface area contributed by atoms with Crippen LogP contribution >= 0.6 is 0 Å². The highest BCUT2D eigenvalue weighted by Gasteiger charge is 2.43. The van der Waals surface area contributed by atoms with E-state index in [1.165, 1.54) is 32.4 Å². The van der Waals surface area contributed by atoms with Gasteiger partial charge in [-0.3, -0.25) is 9.10 Å². The van der Waals surface area contributed by atoms with Gasteiger partial charge in [-0.1, -0.05) is 12.1 Å². The summed E-state index contributed by atoms with van der Waals surface area (Å²) < 4.78 is 76.5. The molecule has 1 aliphatic heterocycles. The quantitative estimate of drug-likeness (QED) is 0.581. The van der Waals surface area contributed by atoms with E-state index in [0.29, 0.717) is 23.7 Å². The molecule has 8 nitrogen and oxygen atoms in total. The maximum Gasteiger partial charge on any atom is 0.471 e. The van der Waals surface area contributed by atoms with Gasteiger partial charge in [-0.2, -0.15) is 13.2 Å². The molecule has 0 aromatic heterocycles. The van der Waals surface area contributed by atoms with Gasteiger partial charge in [0.25, 0.3) is 10.0 Å². The van der Waals surface area contributed by atoms with Crippen molar-refractivity contribution in [1.29, 1.82) is 0 Å². The summed E-state index contributed by atoms with van der Waals surface area (Å²) in [6.07, 6.45) is -4.93. The summed E-state index contributed by atoms with van der Waals surface area (Å²) in [6, 6.07) is 11.3. The number of alkyl halides is 3. The molecule has 0 N–H and O–H groups in total. The lowest BCUT2D eigenvalue weighted by atomic mass is 10.2. The van der Waals surface area contributed by atoms with Crippen LogP contribution in [0.2, 0.25) is 0 Å². The Morgan fingerprint density at radius 1 is 1.06 bits per heavy atom. The standard InChI is InChI=1S/C22H26F3N3O5S/c1-26(17-6-4-5-16(13-17)15-32-2)34(30,31)18-7-8-20(33-3)19(14-18)27-9-11-28(12-10-27)21(29)22(23,24)25/h4-8,13-14H,9-12,15H2,1-3H3. The highest BCUT2D eigenvalue weighted by atomic mass is 32.2. The second kappa shape index (κ2) is 10.1. The smallest absolute Gasteiger partial charge is 0.471 e. The topological polar surface area (TPSA) is 79.4 Å². The molecule has 1 saturated heterocycles. The minimum absolute atomic E-state index is 0.00302. The van der Waals surface area contributed by atoms with E-state index in [2.05, 4.69) is 0 Å². The van der Waals surface area contributed by atoms with Crippen LogP contribution < -0.4 is 13.9 Å². The monoisotopic (exact) mass is 501 g/mol. The molecule has 0 saturated carbocycles. The number of anilines is 2. The summed E-state index contributed by atoms with van der Waals surface area (Å²) in [5.74, 6) is -1.51. The van der Waals surface area contributed by atoms with Crippen molar-refractivity contribution in [3.05, 3.63) is 48.0 Å². The van der Waals surface area contributed by atoms with Crippen LogP contribution in [0.4, 0.5) is 24.5 Å². The molecule has 1 amide bonds. The Morgan fingerprint density at radius 3 is 2.32 bits per heavy atom. The summed E-state index contributed by atoms with van der Waals surface area (Å²) in [4.78, 5) is 14.0. The predicted molar refractivity (Wildman–Crippen MR) is 121 cm³/mol. The number of carbonyl (C=O) groups is 1. The highest BCUT2D eigenvalue weighted by molar-refractivity contribution is 7.92. The zero-order chi connectivity index (χ0) is 25.1. The number of piperazine rings is 1. The van der Waals surface area contributed by atoms with E-state index < -0.39 is 22.1 Å². The van der Waals surface area contributed by atoms with Crippen LogP contribution in [0.5, 0.6) is 5.75 Å². The number of benzene rings is 2. The molecule has 3 rings (SSSR count). The summed E-state index contributed by atoms with van der Waals surface area (Å²) in [5.41, 5.74) is 1.68. The van der Waals surface area contributed by atoms with Gasteiger partial charge in [-0.15, -0.1) is 0 Å². The van der Waals surface area contributed by atoms with E-state index in [1.54, 1.807) is 30.2 Å². The normalized spacial score (nSPS) is 14.8. The molecular weight excluding hydrogens is 475 g/mol. The van der Waals surface area contributed by atoms with Crippen LogP contribution in [0.15, 0.2) is 47.4 Å². The van der Waals surface area contributed by atoms with Crippen LogP contribution in [0.1, 0.15) is 5.56 Å². The molecule has 1 heterocycles. The second-order valence-corrected chi connectivity index (χ2v) is 9.66. The van der Waals surface area contributed by atoms with Gasteiger partial charge in [-0.25, -0.2) is 8.42 Å². The Bertz CT molecular complexity index is 1130. The van der Waals surface area contributed by atoms with Crippen molar-refractivity contribution in [2.24, 2.45) is 0 Å². The van der Waals surface area contributed by atoms with Crippen molar-refractivity contribution >= 4 is 27.3 Å². The Morgan fingerprint density at radius 2 is 1.74 bits per heavy atom. The number of methoxy groups -OCH3 is 2. The van der Waals surface area contributed by atoms with Crippen molar-refractivity contribution in [2.45, 2.75) is 17.7 Å². The summed E-state index contributed by atoms with van der Waals surface area (Å²) >= 11 is 0. The Labute approximate surface area is 196 Å². The van der Waals surface area contributed by atoms with Crippen molar-refractivity contribution in [3.63, 3.8) is 0 Å². The van der Waals surface area contributed by atoms with E-state index >= 15 is 0 Å². The Kier molecular flexibility index (Phi) is 7.61. The molecule has 0 bridgehead atoms. The number of ether oxygens (including phenoxy) is 2. The maximum atomic E-state index is 13.3. The number of nitrogens with zero attached hydrogens (tertiary/aromatic N) is 3. The van der Waals surface area contributed by atoms with Gasteiger partial charge in [0.1, 0.15) is 5.75 Å². The zero-order valence-corrected chi connectivity index (χ0v) is 19.8. The first-order chi connectivity index (χ1) is 16.0. The Balaban J connectivity index is 1.86. The third-order valence-electron chi connectivity index (χ3n) is 5.54. The average molecular weight is 502 g/mol. The van der Waals surface area contributed by atoms with Gasteiger partial charge in [0, 0.05) is 40.3 Å². The van der Waals surface area contributed by atoms with E-state index in [0.717, 1.165) is 14.8 Å². The largest absolute Gasteiger partial charge is 0.495 e. The molecule has 1 aliphatic rings. The fourth-order valence-electron chi connectivity index (χ4n) is 3.71. The molecule has 0 atom stereocenters. The predicted octanol–water partition coefficient (Wildman–Crippen LogP) is 2.88. The fraction of sp³-hybridized carbons (Fsp3) is 0.409. The minimum Gasteiger partial charge on any atom is -0.495 e. The van der Waals surface area contributed by atoms with Crippen LogP contribution in [0.3, 0.4) is 0 Å². The molecule has 0 radical (unpaired) electrons. The van der Waals surface area contributed by atoms with E-state index in [1.807, 2.05) is 6.07 Å². The van der Waals surface area contributed by atoms with Crippen LogP contribution in [0.25, 0.3) is 0 Å². The molecule has 1 fully saturated rings. The number of amides is 1. The van der Waals surface area contributed by atoms with Crippen molar-refractivity contribution in [2.75, 3.05) is 56.7 Å². The number of hydrogen-bond acceptors (Lipinski definition) is 6. The first kappa shape index (κ1) is 25.6. The number of sulfonamides is 1. The average Bonchev–Trinajstić information content (AvgIpc) is 2.82. The van der Waals surface area contributed by atoms with Gasteiger partial charge < -0.3 is 19.3 Å². The number of hydrogen-bond donors (Lipinski definition) is 0. The third kappa shape index (κ3) is 5.39. The molecule has 0 spiro atoms. The lowest BCUT2D eigenvalue weighted by molar-refractivity contribution is -0.185. The van der Waals surface area contributed by atoms with E-state index in [9.17, 15) is 26.4 Å². The molecule has 0 unspecified atom stereocenters. The number of halogens is 3.